The van der Waals surface area contributed by atoms with E-state index in [2.05, 4.69) is 28.8 Å². The Balaban J connectivity index is 1.94. The molecular weight excluding hydrogens is 331 g/mol. The Morgan fingerprint density at radius 3 is 2.74 bits per heavy atom. The van der Waals surface area contributed by atoms with Crippen molar-refractivity contribution < 1.29 is 0 Å². The zero-order valence-corrected chi connectivity index (χ0v) is 15.3. The first-order valence-electron chi connectivity index (χ1n) is 8.08. The van der Waals surface area contributed by atoms with Crippen molar-refractivity contribution in [2.24, 2.45) is 5.92 Å². The molecule has 0 saturated carbocycles. The lowest BCUT2D eigenvalue weighted by Gasteiger charge is -2.26. The van der Waals surface area contributed by atoms with Gasteiger partial charge in [0.1, 0.15) is 11.0 Å². The lowest BCUT2D eigenvalue weighted by atomic mass is 10.1. The minimum absolute atomic E-state index is 0.233. The van der Waals surface area contributed by atoms with E-state index in [0.29, 0.717) is 10.9 Å². The normalized spacial score (nSPS) is 18.2. The van der Waals surface area contributed by atoms with E-state index in [-0.39, 0.29) is 6.04 Å². The second-order valence-corrected chi connectivity index (χ2v) is 7.35. The highest BCUT2D eigenvalue weighted by molar-refractivity contribution is 6.30. The van der Waals surface area contributed by atoms with E-state index in [4.69, 9.17) is 23.2 Å². The van der Waals surface area contributed by atoms with Gasteiger partial charge in [0.15, 0.2) is 0 Å². The Kier molecular flexibility index (Phi) is 4.83. The maximum atomic E-state index is 6.66. The summed E-state index contributed by atoms with van der Waals surface area (Å²) >= 11 is 12.6. The largest absolute Gasteiger partial charge is 0.349 e. The summed E-state index contributed by atoms with van der Waals surface area (Å²) in [4.78, 5) is 6.79. The summed E-state index contributed by atoms with van der Waals surface area (Å²) in [5.74, 6) is 1.46. The molecule has 0 amide bonds. The molecule has 3 heterocycles. The van der Waals surface area contributed by atoms with Crippen LogP contribution in [0.3, 0.4) is 0 Å². The Labute approximate surface area is 147 Å². The zero-order valence-electron chi connectivity index (χ0n) is 13.8. The van der Waals surface area contributed by atoms with Gasteiger partial charge >= 0.3 is 0 Å². The van der Waals surface area contributed by atoms with Crippen molar-refractivity contribution in [3.8, 4) is 0 Å². The van der Waals surface area contributed by atoms with Crippen molar-refractivity contribution in [3.63, 3.8) is 0 Å². The standard InChI is InChI=1S/C17H22Cl2N4/c1-11(2)10-23-17(19)16(12(3)21-23)14-5-4-8-22(14)15-7-6-13(18)9-20-15/h6-7,9,11,14H,4-5,8,10H2,1-3H3. The van der Waals surface area contributed by atoms with Gasteiger partial charge in [-0.1, -0.05) is 37.0 Å². The maximum absolute atomic E-state index is 6.66. The minimum Gasteiger partial charge on any atom is -0.349 e. The van der Waals surface area contributed by atoms with Crippen molar-refractivity contribution in [1.82, 2.24) is 14.8 Å². The second kappa shape index (κ2) is 6.70. The van der Waals surface area contributed by atoms with Gasteiger partial charge in [-0.3, -0.25) is 4.68 Å². The molecule has 0 aliphatic carbocycles. The Bertz CT molecular complexity index is 679. The SMILES string of the molecule is Cc1nn(CC(C)C)c(Cl)c1C1CCCN1c1ccc(Cl)cn1. The molecule has 0 N–H and O–H groups in total. The van der Waals surface area contributed by atoms with Crippen LogP contribution in [0.2, 0.25) is 10.2 Å². The molecule has 0 radical (unpaired) electrons. The third-order valence-corrected chi connectivity index (χ3v) is 4.86. The van der Waals surface area contributed by atoms with Crippen molar-refractivity contribution in [2.45, 2.75) is 46.2 Å². The second-order valence-electron chi connectivity index (χ2n) is 6.55. The topological polar surface area (TPSA) is 34.0 Å². The molecule has 0 bridgehead atoms. The van der Waals surface area contributed by atoms with Crippen LogP contribution >= 0.6 is 23.2 Å². The summed E-state index contributed by atoms with van der Waals surface area (Å²) < 4.78 is 1.93. The van der Waals surface area contributed by atoms with Gasteiger partial charge in [0.05, 0.1) is 16.8 Å². The highest BCUT2D eigenvalue weighted by atomic mass is 35.5. The van der Waals surface area contributed by atoms with E-state index in [9.17, 15) is 0 Å². The summed E-state index contributed by atoms with van der Waals surface area (Å²) in [5, 5.41) is 6.08. The molecule has 1 fully saturated rings. The molecule has 6 heteroatoms. The molecular formula is C17H22Cl2N4. The van der Waals surface area contributed by atoms with Gasteiger partial charge in [0.2, 0.25) is 0 Å². The average molecular weight is 353 g/mol. The van der Waals surface area contributed by atoms with Gasteiger partial charge in [-0.2, -0.15) is 5.10 Å². The molecule has 124 valence electrons. The number of nitrogens with zero attached hydrogens (tertiary/aromatic N) is 4. The van der Waals surface area contributed by atoms with Crippen LogP contribution in [0.4, 0.5) is 5.82 Å². The highest BCUT2D eigenvalue weighted by Gasteiger charge is 2.32. The van der Waals surface area contributed by atoms with Crippen molar-refractivity contribution in [1.29, 1.82) is 0 Å². The fraction of sp³-hybridized carbons (Fsp3) is 0.529. The van der Waals surface area contributed by atoms with E-state index in [1.807, 2.05) is 23.7 Å². The number of rotatable bonds is 4. The molecule has 1 unspecified atom stereocenters. The summed E-state index contributed by atoms with van der Waals surface area (Å²) in [7, 11) is 0. The smallest absolute Gasteiger partial charge is 0.132 e. The van der Waals surface area contributed by atoms with Crippen molar-refractivity contribution >= 4 is 29.0 Å². The first kappa shape index (κ1) is 16.6. The molecule has 1 atom stereocenters. The lowest BCUT2D eigenvalue weighted by Crippen LogP contribution is -2.24. The van der Waals surface area contributed by atoms with Gasteiger partial charge in [-0.15, -0.1) is 0 Å². The Morgan fingerprint density at radius 2 is 2.09 bits per heavy atom. The number of hydrogen-bond acceptors (Lipinski definition) is 3. The van der Waals surface area contributed by atoms with Crippen LogP contribution in [0.1, 0.15) is 44.0 Å². The molecule has 0 aromatic carbocycles. The van der Waals surface area contributed by atoms with Gasteiger partial charge in [0.25, 0.3) is 0 Å². The van der Waals surface area contributed by atoms with E-state index in [1.165, 1.54) is 0 Å². The van der Waals surface area contributed by atoms with Gasteiger partial charge in [-0.05, 0) is 37.8 Å². The molecule has 4 nitrogen and oxygen atoms in total. The number of aromatic nitrogens is 3. The number of halogens is 2. The third-order valence-electron chi connectivity index (χ3n) is 4.24. The van der Waals surface area contributed by atoms with Crippen LogP contribution in [0.15, 0.2) is 18.3 Å². The van der Waals surface area contributed by atoms with Crippen LogP contribution in [0, 0.1) is 12.8 Å². The first-order valence-corrected chi connectivity index (χ1v) is 8.84. The Hall–Kier alpha value is -1.26. The molecule has 2 aromatic rings. The maximum Gasteiger partial charge on any atom is 0.132 e. The van der Waals surface area contributed by atoms with Crippen molar-refractivity contribution in [2.75, 3.05) is 11.4 Å². The summed E-state index contributed by atoms with van der Waals surface area (Å²) in [6.07, 6.45) is 3.89. The number of hydrogen-bond donors (Lipinski definition) is 0. The van der Waals surface area contributed by atoms with E-state index < -0.39 is 0 Å². The molecule has 3 rings (SSSR count). The zero-order chi connectivity index (χ0) is 16.6. The van der Waals surface area contributed by atoms with Crippen LogP contribution in [-0.4, -0.2) is 21.3 Å². The Morgan fingerprint density at radius 1 is 1.30 bits per heavy atom. The highest BCUT2D eigenvalue weighted by Crippen LogP contribution is 2.40. The fourth-order valence-electron chi connectivity index (χ4n) is 3.29. The predicted molar refractivity (Wildman–Crippen MR) is 95.4 cm³/mol. The molecule has 1 aliphatic rings. The number of pyridine rings is 1. The van der Waals surface area contributed by atoms with Crippen LogP contribution < -0.4 is 4.90 Å². The average Bonchev–Trinajstić information content (AvgIpc) is 3.05. The summed E-state index contributed by atoms with van der Waals surface area (Å²) in [5.41, 5.74) is 2.16. The van der Waals surface area contributed by atoms with Crippen LogP contribution in [0.25, 0.3) is 0 Å². The molecule has 1 aliphatic heterocycles. The molecule has 23 heavy (non-hydrogen) atoms. The minimum atomic E-state index is 0.233. The quantitative estimate of drug-likeness (QED) is 0.785. The molecule has 0 spiro atoms. The fourth-order valence-corrected chi connectivity index (χ4v) is 3.77. The van der Waals surface area contributed by atoms with E-state index in [0.717, 1.165) is 48.2 Å². The van der Waals surface area contributed by atoms with Gasteiger partial charge in [0, 0.05) is 24.8 Å². The number of aryl methyl sites for hydroxylation is 1. The van der Waals surface area contributed by atoms with Crippen LogP contribution in [-0.2, 0) is 6.54 Å². The summed E-state index contributed by atoms with van der Waals surface area (Å²) in [6, 6.07) is 4.09. The molecule has 2 aromatic heterocycles. The monoisotopic (exact) mass is 352 g/mol. The third kappa shape index (κ3) is 3.33. The summed E-state index contributed by atoms with van der Waals surface area (Å²) in [6.45, 7) is 8.21. The van der Waals surface area contributed by atoms with Gasteiger partial charge in [-0.25, -0.2) is 4.98 Å². The van der Waals surface area contributed by atoms with E-state index >= 15 is 0 Å². The van der Waals surface area contributed by atoms with E-state index in [1.54, 1.807) is 6.20 Å². The van der Waals surface area contributed by atoms with Crippen molar-refractivity contribution in [3.05, 3.63) is 39.8 Å². The molecule has 1 saturated heterocycles. The van der Waals surface area contributed by atoms with Crippen LogP contribution in [0.5, 0.6) is 0 Å². The van der Waals surface area contributed by atoms with Gasteiger partial charge < -0.3 is 4.90 Å². The first-order chi connectivity index (χ1) is 11.0. The predicted octanol–water partition coefficient (Wildman–Crippen LogP) is 4.89. The lowest BCUT2D eigenvalue weighted by molar-refractivity contribution is 0.481. The number of anilines is 1.